The summed E-state index contributed by atoms with van der Waals surface area (Å²) in [7, 11) is 0. The van der Waals surface area contributed by atoms with E-state index >= 15 is 0 Å². The number of nitrogens with one attached hydrogen (secondary N) is 1. The van der Waals surface area contributed by atoms with Crippen LogP contribution in [0.3, 0.4) is 0 Å². The molecule has 16 heavy (non-hydrogen) atoms. The van der Waals surface area contributed by atoms with Gasteiger partial charge in [0.2, 0.25) is 0 Å². The van der Waals surface area contributed by atoms with Crippen molar-refractivity contribution in [3.05, 3.63) is 36.1 Å². The van der Waals surface area contributed by atoms with Crippen molar-refractivity contribution in [2.24, 2.45) is 0 Å². The molecule has 90 valence electrons. The van der Waals surface area contributed by atoms with E-state index in [1.807, 2.05) is 5.32 Å². The first kappa shape index (κ1) is 14.8. The van der Waals surface area contributed by atoms with E-state index in [-0.39, 0.29) is 5.57 Å². The number of amides is 1. The zero-order valence-corrected chi connectivity index (χ0v) is 9.37. The van der Waals surface area contributed by atoms with Crippen LogP contribution in [0.1, 0.15) is 6.92 Å². The number of hydrogen-bond acceptors (Lipinski definition) is 1. The predicted molar refractivity (Wildman–Crippen MR) is 57.0 cm³/mol. The molecular weight excluding hydrogens is 243 g/mol. The van der Waals surface area contributed by atoms with Gasteiger partial charge in [0.25, 0.3) is 5.91 Å². The van der Waals surface area contributed by atoms with Gasteiger partial charge in [0, 0.05) is 5.57 Å². The van der Waals surface area contributed by atoms with Crippen molar-refractivity contribution >= 4 is 17.5 Å². The largest absolute Gasteiger partial charge is 0.321 e. The van der Waals surface area contributed by atoms with Gasteiger partial charge in [0.05, 0.1) is 5.70 Å². The molecule has 0 rings (SSSR count). The van der Waals surface area contributed by atoms with Crippen molar-refractivity contribution in [1.29, 1.82) is 0 Å². The Morgan fingerprint density at radius 3 is 2.25 bits per heavy atom. The van der Waals surface area contributed by atoms with Gasteiger partial charge in [-0.25, -0.2) is 13.2 Å². The van der Waals surface area contributed by atoms with Crippen molar-refractivity contribution in [1.82, 2.24) is 5.32 Å². The molecule has 0 aromatic carbocycles. The summed E-state index contributed by atoms with van der Waals surface area (Å²) in [6, 6.07) is 0. The summed E-state index contributed by atoms with van der Waals surface area (Å²) in [5.41, 5.74) is -0.916. The van der Waals surface area contributed by atoms with Crippen molar-refractivity contribution in [2.45, 2.75) is 12.3 Å². The minimum atomic E-state index is -1.42. The van der Waals surface area contributed by atoms with E-state index in [2.05, 4.69) is 13.2 Å². The third kappa shape index (κ3) is 4.10. The van der Waals surface area contributed by atoms with Gasteiger partial charge in [0.1, 0.15) is 23.7 Å². The fraction of sp³-hybridized carbons (Fsp3) is 0.300. The molecule has 2 nitrogen and oxygen atoms in total. The predicted octanol–water partition coefficient (Wildman–Crippen LogP) is 2.92. The van der Waals surface area contributed by atoms with Crippen LogP contribution in [0.2, 0.25) is 0 Å². The minimum absolute atomic E-state index is 0.374. The molecule has 0 saturated heterocycles. The van der Waals surface area contributed by atoms with Crippen LogP contribution in [0.5, 0.6) is 0 Å². The number of allylic oxidation sites excluding steroid dienone is 3. The zero-order valence-electron chi connectivity index (χ0n) is 8.62. The molecule has 6 heteroatoms. The molecule has 0 fully saturated rings. The SMILES string of the molecule is C=C(F)[C@H](Cl)C(=C)C(=O)N/C(CF)=C(/C)F. The molecule has 0 unspecified atom stereocenters. The van der Waals surface area contributed by atoms with E-state index in [1.165, 1.54) is 0 Å². The lowest BCUT2D eigenvalue weighted by Gasteiger charge is -2.11. The summed E-state index contributed by atoms with van der Waals surface area (Å²) in [6.07, 6.45) is 0. The van der Waals surface area contributed by atoms with Gasteiger partial charge >= 0.3 is 0 Å². The van der Waals surface area contributed by atoms with Crippen molar-refractivity contribution < 1.29 is 18.0 Å². The number of carbonyl (C=O) groups excluding carboxylic acids is 1. The second-order valence-corrected chi connectivity index (χ2v) is 3.37. The van der Waals surface area contributed by atoms with Gasteiger partial charge in [-0.1, -0.05) is 13.2 Å². The normalized spacial score (nSPS) is 13.8. The molecule has 1 N–H and O–H groups in total. The smallest absolute Gasteiger partial charge is 0.252 e. The molecule has 0 aliphatic heterocycles. The molecular formula is C10H11ClF3NO. The van der Waals surface area contributed by atoms with Gasteiger partial charge in [-0.3, -0.25) is 4.79 Å². The first-order valence-electron chi connectivity index (χ1n) is 4.21. The Morgan fingerprint density at radius 2 is 1.94 bits per heavy atom. The second-order valence-electron chi connectivity index (χ2n) is 2.93. The Morgan fingerprint density at radius 1 is 1.44 bits per heavy atom. The summed E-state index contributed by atoms with van der Waals surface area (Å²) in [5, 5.41) is 0.485. The van der Waals surface area contributed by atoms with E-state index < -0.39 is 35.3 Å². The van der Waals surface area contributed by atoms with Crippen LogP contribution in [0.25, 0.3) is 0 Å². The lowest BCUT2D eigenvalue weighted by molar-refractivity contribution is -0.117. The van der Waals surface area contributed by atoms with E-state index in [1.54, 1.807) is 0 Å². The van der Waals surface area contributed by atoms with Crippen molar-refractivity contribution in [3.63, 3.8) is 0 Å². The Labute approximate surface area is 96.5 Å². The molecule has 1 amide bonds. The zero-order chi connectivity index (χ0) is 12.9. The average molecular weight is 254 g/mol. The topological polar surface area (TPSA) is 29.1 Å². The molecule has 0 radical (unpaired) electrons. The van der Waals surface area contributed by atoms with Gasteiger partial charge in [-0.05, 0) is 6.92 Å². The van der Waals surface area contributed by atoms with Gasteiger partial charge in [0.15, 0.2) is 0 Å². The van der Waals surface area contributed by atoms with Gasteiger partial charge < -0.3 is 5.32 Å². The lowest BCUT2D eigenvalue weighted by Crippen LogP contribution is -2.29. The highest BCUT2D eigenvalue weighted by molar-refractivity contribution is 6.27. The maximum absolute atomic E-state index is 12.6. The highest BCUT2D eigenvalue weighted by atomic mass is 35.5. The van der Waals surface area contributed by atoms with Crippen molar-refractivity contribution in [3.8, 4) is 0 Å². The summed E-state index contributed by atoms with van der Waals surface area (Å²) < 4.78 is 37.4. The fourth-order valence-electron chi connectivity index (χ4n) is 0.733. The van der Waals surface area contributed by atoms with Gasteiger partial charge in [-0.15, -0.1) is 11.6 Å². The lowest BCUT2D eigenvalue weighted by atomic mass is 10.2. The quantitative estimate of drug-likeness (QED) is 0.592. The van der Waals surface area contributed by atoms with Gasteiger partial charge in [-0.2, -0.15) is 0 Å². The Bertz CT molecular complexity index is 348. The highest BCUT2D eigenvalue weighted by Crippen LogP contribution is 2.18. The average Bonchev–Trinajstić information content (AvgIpc) is 2.22. The molecule has 0 aromatic heterocycles. The first-order chi connectivity index (χ1) is 7.31. The third-order valence-electron chi connectivity index (χ3n) is 1.69. The molecule has 0 aromatic rings. The maximum atomic E-state index is 12.6. The van der Waals surface area contributed by atoms with Crippen LogP contribution in [-0.2, 0) is 4.79 Å². The van der Waals surface area contributed by atoms with Crippen LogP contribution < -0.4 is 5.32 Å². The van der Waals surface area contributed by atoms with Crippen LogP contribution >= 0.6 is 11.6 Å². The Kier molecular flexibility index (Phi) is 5.88. The van der Waals surface area contributed by atoms with E-state index in [0.717, 1.165) is 6.92 Å². The van der Waals surface area contributed by atoms with Crippen LogP contribution in [0.15, 0.2) is 36.1 Å². The standard InChI is InChI=1S/C10H11ClF3NO/c1-5(9(11)7(3)14)10(16)15-8(4-12)6(2)13/h9H,1,3-4H2,2H3,(H,15,16)/b8-6-/t9-/m1/s1. The van der Waals surface area contributed by atoms with E-state index in [0.29, 0.717) is 0 Å². The summed E-state index contributed by atoms with van der Waals surface area (Å²) >= 11 is 5.43. The molecule has 0 bridgehead atoms. The molecule has 0 aliphatic rings. The number of hydrogen-bond donors (Lipinski definition) is 1. The highest BCUT2D eigenvalue weighted by Gasteiger charge is 2.20. The minimum Gasteiger partial charge on any atom is -0.321 e. The maximum Gasteiger partial charge on any atom is 0.252 e. The monoisotopic (exact) mass is 253 g/mol. The number of rotatable bonds is 5. The van der Waals surface area contributed by atoms with E-state index in [4.69, 9.17) is 11.6 Å². The number of halogens is 4. The summed E-state index contributed by atoms with van der Waals surface area (Å²) in [6.45, 7) is 5.89. The third-order valence-corrected chi connectivity index (χ3v) is 2.19. The molecule has 0 saturated carbocycles. The first-order valence-corrected chi connectivity index (χ1v) is 4.64. The molecule has 0 heterocycles. The fourth-order valence-corrected chi connectivity index (χ4v) is 0.832. The molecule has 0 spiro atoms. The molecule has 1 atom stereocenters. The Hall–Kier alpha value is -1.23. The molecule has 0 aliphatic carbocycles. The van der Waals surface area contributed by atoms with E-state index in [9.17, 15) is 18.0 Å². The van der Waals surface area contributed by atoms with Crippen LogP contribution in [0, 0.1) is 0 Å². The summed E-state index contributed by atoms with van der Waals surface area (Å²) in [4.78, 5) is 11.3. The number of carbonyl (C=O) groups is 1. The summed E-state index contributed by atoms with van der Waals surface area (Å²) in [5.74, 6) is -2.80. The van der Waals surface area contributed by atoms with Crippen LogP contribution in [0.4, 0.5) is 13.2 Å². The number of alkyl halides is 2. The second kappa shape index (κ2) is 6.37. The Balaban J connectivity index is 4.66. The van der Waals surface area contributed by atoms with Crippen molar-refractivity contribution in [2.75, 3.05) is 6.67 Å². The van der Waals surface area contributed by atoms with Crippen LogP contribution in [-0.4, -0.2) is 18.0 Å².